The van der Waals surface area contributed by atoms with Crippen LogP contribution in [0.3, 0.4) is 0 Å². The van der Waals surface area contributed by atoms with Crippen molar-refractivity contribution in [1.29, 1.82) is 0 Å². The monoisotopic (exact) mass is 601 g/mol. The molecule has 0 unspecified atom stereocenters. The standard InChI is InChI=1S/C23H14BrF6N5OS/c24-16-3-5-18(6-4-16)35-20(13-2-1-7-31-11-13)33-34-21(35)37-12-19(36)32-17-9-14(22(25,26)27)8-15(10-17)23(28,29)30/h1-11H,12H2,(H,32,36). The molecule has 0 aliphatic rings. The predicted molar refractivity (Wildman–Crippen MR) is 128 cm³/mol. The fraction of sp³-hybridized carbons (Fsp3) is 0.130. The van der Waals surface area contributed by atoms with Crippen LogP contribution in [-0.2, 0) is 17.1 Å². The highest BCUT2D eigenvalue weighted by atomic mass is 79.9. The molecule has 4 aromatic rings. The molecule has 2 aromatic heterocycles. The molecule has 0 spiro atoms. The Kier molecular flexibility index (Phi) is 7.59. The lowest BCUT2D eigenvalue weighted by molar-refractivity contribution is -0.143. The van der Waals surface area contributed by atoms with Gasteiger partial charge in [-0.15, -0.1) is 10.2 Å². The van der Waals surface area contributed by atoms with E-state index in [2.05, 4.69) is 36.4 Å². The van der Waals surface area contributed by atoms with Crippen molar-refractivity contribution in [3.63, 3.8) is 0 Å². The Hall–Kier alpha value is -3.39. The van der Waals surface area contributed by atoms with Crippen molar-refractivity contribution >= 4 is 39.3 Å². The SMILES string of the molecule is O=C(CSc1nnc(-c2cccnc2)n1-c1ccc(Br)cc1)Nc1cc(C(F)(F)F)cc(C(F)(F)F)c1. The third kappa shape index (κ3) is 6.49. The molecule has 14 heteroatoms. The molecule has 0 atom stereocenters. The van der Waals surface area contributed by atoms with Crippen molar-refractivity contribution in [2.24, 2.45) is 0 Å². The molecule has 1 amide bonds. The average molecular weight is 602 g/mol. The van der Waals surface area contributed by atoms with Gasteiger partial charge in [0, 0.05) is 33.8 Å². The summed E-state index contributed by atoms with van der Waals surface area (Å²) in [7, 11) is 0. The van der Waals surface area contributed by atoms with E-state index in [1.807, 2.05) is 0 Å². The lowest BCUT2D eigenvalue weighted by Gasteiger charge is -2.15. The summed E-state index contributed by atoms with van der Waals surface area (Å²) in [6.45, 7) is 0. The minimum Gasteiger partial charge on any atom is -0.325 e. The molecule has 0 saturated heterocycles. The number of halogens is 7. The fourth-order valence-corrected chi connectivity index (χ4v) is 4.24. The number of carbonyl (C=O) groups is 1. The van der Waals surface area contributed by atoms with Gasteiger partial charge >= 0.3 is 12.4 Å². The normalized spacial score (nSPS) is 12.0. The van der Waals surface area contributed by atoms with Gasteiger partial charge in [0.05, 0.1) is 16.9 Å². The average Bonchev–Trinajstić information content (AvgIpc) is 3.26. The Balaban J connectivity index is 1.59. The highest BCUT2D eigenvalue weighted by Gasteiger charge is 2.37. The number of pyridine rings is 1. The summed E-state index contributed by atoms with van der Waals surface area (Å²) < 4.78 is 81.1. The minimum absolute atomic E-state index is 0.00887. The van der Waals surface area contributed by atoms with Crippen LogP contribution < -0.4 is 5.32 Å². The molecule has 0 radical (unpaired) electrons. The number of amides is 1. The summed E-state index contributed by atoms with van der Waals surface area (Å²) in [6.07, 6.45) is -6.90. The first kappa shape index (κ1) is 26.7. The van der Waals surface area contributed by atoms with Crippen LogP contribution in [-0.4, -0.2) is 31.4 Å². The first-order valence-corrected chi connectivity index (χ1v) is 12.0. The van der Waals surface area contributed by atoms with Crippen LogP contribution in [0.4, 0.5) is 32.0 Å². The van der Waals surface area contributed by atoms with Crippen LogP contribution in [0.2, 0.25) is 0 Å². The second kappa shape index (κ2) is 10.5. The quantitative estimate of drug-likeness (QED) is 0.193. The maximum Gasteiger partial charge on any atom is 0.416 e. The van der Waals surface area contributed by atoms with Crippen LogP contribution in [0.5, 0.6) is 0 Å². The number of carbonyl (C=O) groups excluding carboxylic acids is 1. The fourth-order valence-electron chi connectivity index (χ4n) is 3.22. The molecule has 37 heavy (non-hydrogen) atoms. The van der Waals surface area contributed by atoms with Crippen molar-refractivity contribution in [1.82, 2.24) is 19.7 Å². The smallest absolute Gasteiger partial charge is 0.325 e. The molecule has 0 saturated carbocycles. The lowest BCUT2D eigenvalue weighted by atomic mass is 10.1. The van der Waals surface area contributed by atoms with Gasteiger partial charge in [-0.25, -0.2) is 0 Å². The van der Waals surface area contributed by atoms with Gasteiger partial charge in [-0.1, -0.05) is 27.7 Å². The molecule has 6 nitrogen and oxygen atoms in total. The van der Waals surface area contributed by atoms with Gasteiger partial charge in [0.2, 0.25) is 5.91 Å². The number of benzene rings is 2. The maximum absolute atomic E-state index is 13.1. The van der Waals surface area contributed by atoms with Gasteiger partial charge in [0.1, 0.15) is 0 Å². The third-order valence-corrected chi connectivity index (χ3v) is 6.30. The number of aromatic nitrogens is 4. The summed E-state index contributed by atoms with van der Waals surface area (Å²) in [4.78, 5) is 16.6. The topological polar surface area (TPSA) is 72.7 Å². The number of anilines is 1. The number of hydrogen-bond acceptors (Lipinski definition) is 5. The summed E-state index contributed by atoms with van der Waals surface area (Å²) in [6, 6.07) is 11.5. The highest BCUT2D eigenvalue weighted by Crippen LogP contribution is 2.37. The van der Waals surface area contributed by atoms with Gasteiger partial charge in [0.25, 0.3) is 0 Å². The van der Waals surface area contributed by atoms with E-state index in [1.54, 1.807) is 53.4 Å². The van der Waals surface area contributed by atoms with E-state index in [4.69, 9.17) is 0 Å². The second-order valence-electron chi connectivity index (χ2n) is 7.49. The largest absolute Gasteiger partial charge is 0.416 e. The minimum atomic E-state index is -5.03. The zero-order chi connectivity index (χ0) is 26.8. The van der Waals surface area contributed by atoms with Crippen molar-refractivity contribution < 1.29 is 31.1 Å². The number of thioether (sulfide) groups is 1. The first-order valence-electron chi connectivity index (χ1n) is 10.3. The Morgan fingerprint density at radius 2 is 1.59 bits per heavy atom. The Morgan fingerprint density at radius 3 is 2.16 bits per heavy atom. The van der Waals surface area contributed by atoms with Gasteiger partial charge < -0.3 is 5.32 Å². The molecule has 192 valence electrons. The Bertz CT molecular complexity index is 1380. The molecule has 0 bridgehead atoms. The molecule has 0 fully saturated rings. The highest BCUT2D eigenvalue weighted by molar-refractivity contribution is 9.10. The molecule has 0 aliphatic carbocycles. The summed E-state index contributed by atoms with van der Waals surface area (Å²) in [5.74, 6) is -0.768. The van der Waals surface area contributed by atoms with Crippen LogP contribution in [0.1, 0.15) is 11.1 Å². The van der Waals surface area contributed by atoms with Crippen LogP contribution in [0, 0.1) is 0 Å². The second-order valence-corrected chi connectivity index (χ2v) is 9.35. The van der Waals surface area contributed by atoms with Crippen LogP contribution in [0.25, 0.3) is 17.1 Å². The number of nitrogens with one attached hydrogen (secondary N) is 1. The van der Waals surface area contributed by atoms with E-state index >= 15 is 0 Å². The van der Waals surface area contributed by atoms with E-state index in [9.17, 15) is 31.1 Å². The zero-order valence-electron chi connectivity index (χ0n) is 18.3. The third-order valence-electron chi connectivity index (χ3n) is 4.84. The number of hydrogen-bond donors (Lipinski definition) is 1. The van der Waals surface area contributed by atoms with E-state index in [0.29, 0.717) is 29.2 Å². The lowest BCUT2D eigenvalue weighted by Crippen LogP contribution is -2.17. The van der Waals surface area contributed by atoms with Gasteiger partial charge in [-0.05, 0) is 54.6 Å². The summed E-state index contributed by atoms with van der Waals surface area (Å²) in [5.41, 5.74) is -2.39. The number of alkyl halides is 6. The van der Waals surface area contributed by atoms with Crippen molar-refractivity contribution in [3.05, 3.63) is 82.6 Å². The van der Waals surface area contributed by atoms with Gasteiger partial charge in [-0.2, -0.15) is 26.3 Å². The molecule has 2 heterocycles. The van der Waals surface area contributed by atoms with Crippen LogP contribution >= 0.6 is 27.7 Å². The maximum atomic E-state index is 13.1. The summed E-state index contributed by atoms with van der Waals surface area (Å²) in [5, 5.41) is 10.7. The van der Waals surface area contributed by atoms with Gasteiger partial charge in [0.15, 0.2) is 11.0 Å². The van der Waals surface area contributed by atoms with Crippen molar-refractivity contribution in [2.45, 2.75) is 17.5 Å². The first-order chi connectivity index (χ1) is 17.4. The van der Waals surface area contributed by atoms with E-state index in [0.717, 1.165) is 16.2 Å². The number of rotatable bonds is 6. The molecule has 2 aromatic carbocycles. The Labute approximate surface area is 218 Å². The van der Waals surface area contributed by atoms with Crippen molar-refractivity contribution in [3.8, 4) is 17.1 Å². The van der Waals surface area contributed by atoms with Crippen LogP contribution in [0.15, 0.2) is 76.6 Å². The van der Waals surface area contributed by atoms with E-state index in [1.165, 1.54) is 0 Å². The number of nitrogens with zero attached hydrogens (tertiary/aromatic N) is 4. The summed E-state index contributed by atoms with van der Waals surface area (Å²) >= 11 is 4.27. The Morgan fingerprint density at radius 1 is 0.946 bits per heavy atom. The predicted octanol–water partition coefficient (Wildman–Crippen LogP) is 6.86. The van der Waals surface area contributed by atoms with Crippen molar-refractivity contribution in [2.75, 3.05) is 11.1 Å². The molecule has 0 aliphatic heterocycles. The molecule has 1 N–H and O–H groups in total. The van der Waals surface area contributed by atoms with E-state index < -0.39 is 35.1 Å². The molecular formula is C23H14BrF6N5OS. The van der Waals surface area contributed by atoms with E-state index in [-0.39, 0.29) is 17.0 Å². The van der Waals surface area contributed by atoms with Gasteiger partial charge in [-0.3, -0.25) is 14.3 Å². The molecular weight excluding hydrogens is 588 g/mol. The zero-order valence-corrected chi connectivity index (χ0v) is 20.7. The molecule has 4 rings (SSSR count).